The molecule has 0 fully saturated rings. The molecule has 172 valence electrons. The molecule has 4 aromatic rings. The van der Waals surface area contributed by atoms with E-state index in [-0.39, 0.29) is 17.7 Å². The molecule has 1 aliphatic heterocycles. The van der Waals surface area contributed by atoms with E-state index in [1.54, 1.807) is 23.5 Å². The second-order valence-corrected chi connectivity index (χ2v) is 9.67. The summed E-state index contributed by atoms with van der Waals surface area (Å²) in [5.74, 6) is 0.111. The number of benzene rings is 3. The Morgan fingerprint density at radius 1 is 1.15 bits per heavy atom. The molecule has 0 saturated heterocycles. The van der Waals surface area contributed by atoms with Crippen LogP contribution in [0.1, 0.15) is 29.0 Å². The number of amides is 1. The molecule has 1 aromatic heterocycles. The number of anilines is 1. The fraction of sp³-hybridized carbons (Fsp3) is 0.148. The van der Waals surface area contributed by atoms with Crippen LogP contribution in [0.3, 0.4) is 0 Å². The zero-order valence-corrected chi connectivity index (χ0v) is 20.3. The largest absolute Gasteiger partial charge is 0.504 e. The van der Waals surface area contributed by atoms with Gasteiger partial charge in [-0.15, -0.1) is 11.3 Å². The topological polar surface area (TPSA) is 61.8 Å². The summed E-state index contributed by atoms with van der Waals surface area (Å²) in [6.45, 7) is 2.61. The summed E-state index contributed by atoms with van der Waals surface area (Å²) in [5, 5.41) is 15.2. The van der Waals surface area contributed by atoms with E-state index >= 15 is 0 Å². The number of halogens is 1. The molecule has 0 radical (unpaired) electrons. The van der Waals surface area contributed by atoms with Crippen molar-refractivity contribution in [3.05, 3.63) is 94.0 Å². The van der Waals surface area contributed by atoms with Crippen molar-refractivity contribution in [3.8, 4) is 11.5 Å². The number of rotatable bonds is 5. The van der Waals surface area contributed by atoms with Gasteiger partial charge in [0.05, 0.1) is 30.3 Å². The molecule has 2 heterocycles. The second kappa shape index (κ2) is 9.05. The summed E-state index contributed by atoms with van der Waals surface area (Å²) in [6, 6.07) is 20.7. The van der Waals surface area contributed by atoms with Gasteiger partial charge in [0, 0.05) is 26.9 Å². The first-order chi connectivity index (χ1) is 16.5. The number of para-hydroxylation sites is 1. The van der Waals surface area contributed by atoms with Crippen molar-refractivity contribution >= 4 is 50.2 Å². The first kappa shape index (κ1) is 22.3. The van der Waals surface area contributed by atoms with Crippen molar-refractivity contribution in [2.45, 2.75) is 19.5 Å². The van der Waals surface area contributed by atoms with Crippen LogP contribution in [0.2, 0.25) is 5.02 Å². The van der Waals surface area contributed by atoms with Crippen LogP contribution in [0.15, 0.2) is 72.9 Å². The molecule has 34 heavy (non-hydrogen) atoms. The average Bonchev–Trinajstić information content (AvgIpc) is 3.16. The molecule has 1 amide bonds. The first-order valence-corrected chi connectivity index (χ1v) is 12.1. The van der Waals surface area contributed by atoms with Crippen LogP contribution < -0.4 is 10.1 Å². The summed E-state index contributed by atoms with van der Waals surface area (Å²) >= 11 is 8.38. The Labute approximate surface area is 206 Å². The molecule has 0 bridgehead atoms. The van der Waals surface area contributed by atoms with Gasteiger partial charge in [-0.05, 0) is 48.4 Å². The molecule has 1 unspecified atom stereocenters. The van der Waals surface area contributed by atoms with Gasteiger partial charge in [-0.3, -0.25) is 4.79 Å². The number of carbonyl (C=O) groups excluding carboxylic acids is 1. The van der Waals surface area contributed by atoms with E-state index in [2.05, 4.69) is 23.2 Å². The van der Waals surface area contributed by atoms with Crippen molar-refractivity contribution in [1.82, 2.24) is 4.90 Å². The quantitative estimate of drug-likeness (QED) is 0.322. The highest BCUT2D eigenvalue weighted by atomic mass is 35.5. The standard InChI is InChI=1S/C27H23ClN2O3S/c1-16-19-13-23(33-2)22(31)12-20(19)21(27(32)29-17-8-4-3-5-9-17)14-30(16)15-25-26(28)18-10-6-7-11-24(18)34-25/h3-14,16,31H,15H2,1-2H3,(H,29,32). The number of hydrogen-bond donors (Lipinski definition) is 2. The number of phenols is 1. The Morgan fingerprint density at radius 3 is 2.62 bits per heavy atom. The van der Waals surface area contributed by atoms with Crippen LogP contribution in [0, 0.1) is 0 Å². The Bertz CT molecular complexity index is 1410. The minimum Gasteiger partial charge on any atom is -0.504 e. The van der Waals surface area contributed by atoms with E-state index in [9.17, 15) is 9.90 Å². The third-order valence-corrected chi connectivity index (χ3v) is 7.79. The van der Waals surface area contributed by atoms with Gasteiger partial charge < -0.3 is 20.1 Å². The van der Waals surface area contributed by atoms with E-state index in [0.717, 1.165) is 25.5 Å². The lowest BCUT2D eigenvalue weighted by atomic mass is 9.90. The van der Waals surface area contributed by atoms with Crippen LogP contribution in [-0.2, 0) is 11.3 Å². The minimum absolute atomic E-state index is 0.00661. The monoisotopic (exact) mass is 490 g/mol. The molecule has 1 aliphatic rings. The van der Waals surface area contributed by atoms with Gasteiger partial charge in [0.25, 0.3) is 5.91 Å². The highest BCUT2D eigenvalue weighted by Crippen LogP contribution is 2.43. The second-order valence-electron chi connectivity index (χ2n) is 8.16. The van der Waals surface area contributed by atoms with Crippen LogP contribution >= 0.6 is 22.9 Å². The van der Waals surface area contributed by atoms with Crippen LogP contribution in [0.5, 0.6) is 11.5 Å². The number of fused-ring (bicyclic) bond motifs is 2. The Morgan fingerprint density at radius 2 is 1.88 bits per heavy atom. The normalized spacial score (nSPS) is 15.1. The lowest BCUT2D eigenvalue weighted by Gasteiger charge is -2.35. The number of carbonyl (C=O) groups is 1. The maximum absolute atomic E-state index is 13.4. The van der Waals surface area contributed by atoms with Gasteiger partial charge in [0.2, 0.25) is 0 Å². The van der Waals surface area contributed by atoms with Crippen LogP contribution in [-0.4, -0.2) is 23.0 Å². The summed E-state index contributed by atoms with van der Waals surface area (Å²) < 4.78 is 6.49. The highest BCUT2D eigenvalue weighted by Gasteiger charge is 2.30. The zero-order valence-electron chi connectivity index (χ0n) is 18.7. The number of ether oxygens (including phenoxy) is 1. The van der Waals surface area contributed by atoms with E-state index < -0.39 is 0 Å². The number of hydrogen-bond acceptors (Lipinski definition) is 5. The molecule has 1 atom stereocenters. The van der Waals surface area contributed by atoms with Gasteiger partial charge in [0.1, 0.15) is 0 Å². The summed E-state index contributed by atoms with van der Waals surface area (Å²) in [4.78, 5) is 16.5. The fourth-order valence-corrected chi connectivity index (χ4v) is 5.77. The molecule has 7 heteroatoms. The molecular formula is C27H23ClN2O3S. The summed E-state index contributed by atoms with van der Waals surface area (Å²) in [7, 11) is 1.52. The lowest BCUT2D eigenvalue weighted by molar-refractivity contribution is -0.111. The molecule has 3 aromatic carbocycles. The Kier molecular flexibility index (Phi) is 5.94. The lowest BCUT2D eigenvalue weighted by Crippen LogP contribution is -2.29. The molecular weight excluding hydrogens is 468 g/mol. The number of methoxy groups -OCH3 is 1. The summed E-state index contributed by atoms with van der Waals surface area (Å²) in [6.07, 6.45) is 1.86. The van der Waals surface area contributed by atoms with Crippen molar-refractivity contribution in [2.75, 3.05) is 12.4 Å². The fourth-order valence-electron chi connectivity index (χ4n) is 4.27. The minimum atomic E-state index is -0.253. The smallest absolute Gasteiger partial charge is 0.257 e. The molecule has 0 saturated carbocycles. The maximum Gasteiger partial charge on any atom is 0.257 e. The third-order valence-electron chi connectivity index (χ3n) is 6.09. The van der Waals surface area contributed by atoms with Crippen molar-refractivity contribution in [1.29, 1.82) is 0 Å². The van der Waals surface area contributed by atoms with Crippen LogP contribution in [0.25, 0.3) is 15.7 Å². The van der Waals surface area contributed by atoms with E-state index in [1.807, 2.05) is 54.7 Å². The average molecular weight is 491 g/mol. The van der Waals surface area contributed by atoms with Gasteiger partial charge in [-0.1, -0.05) is 48.0 Å². The molecule has 5 nitrogen and oxygen atoms in total. The van der Waals surface area contributed by atoms with Gasteiger partial charge >= 0.3 is 0 Å². The molecule has 2 N–H and O–H groups in total. The third kappa shape index (κ3) is 4.00. The Balaban J connectivity index is 1.57. The van der Waals surface area contributed by atoms with Crippen molar-refractivity contribution in [2.24, 2.45) is 0 Å². The SMILES string of the molecule is COc1cc2c(cc1O)C(C(=O)Nc1ccccc1)=CN(Cc1sc3ccccc3c1Cl)C2C. The van der Waals surface area contributed by atoms with Crippen molar-refractivity contribution < 1.29 is 14.6 Å². The number of phenolic OH excluding ortho intramolecular Hbond substituents is 1. The van der Waals surface area contributed by atoms with E-state index in [4.69, 9.17) is 16.3 Å². The van der Waals surface area contributed by atoms with Crippen LogP contribution in [0.4, 0.5) is 5.69 Å². The number of thiophene rings is 1. The first-order valence-electron chi connectivity index (χ1n) is 10.9. The van der Waals surface area contributed by atoms with Gasteiger partial charge in [0.15, 0.2) is 11.5 Å². The number of nitrogens with zero attached hydrogens (tertiary/aromatic N) is 1. The number of nitrogens with one attached hydrogen (secondary N) is 1. The highest BCUT2D eigenvalue weighted by molar-refractivity contribution is 7.19. The predicted molar refractivity (Wildman–Crippen MR) is 139 cm³/mol. The van der Waals surface area contributed by atoms with E-state index in [0.29, 0.717) is 29.1 Å². The zero-order chi connectivity index (χ0) is 23.8. The Hall–Kier alpha value is -3.48. The predicted octanol–water partition coefficient (Wildman–Crippen LogP) is 6.83. The number of aromatic hydroxyl groups is 1. The van der Waals surface area contributed by atoms with Crippen molar-refractivity contribution in [3.63, 3.8) is 0 Å². The van der Waals surface area contributed by atoms with Gasteiger partial charge in [-0.25, -0.2) is 0 Å². The summed E-state index contributed by atoms with van der Waals surface area (Å²) in [5.41, 5.74) is 2.74. The molecule has 0 aliphatic carbocycles. The van der Waals surface area contributed by atoms with Gasteiger partial charge in [-0.2, -0.15) is 0 Å². The molecule has 0 spiro atoms. The molecule has 5 rings (SSSR count). The maximum atomic E-state index is 13.4. The van der Waals surface area contributed by atoms with E-state index in [1.165, 1.54) is 7.11 Å².